The van der Waals surface area contributed by atoms with Crippen molar-refractivity contribution in [2.45, 2.75) is 18.6 Å². The molecule has 148 valence electrons. The zero-order valence-corrected chi connectivity index (χ0v) is 17.4. The highest BCUT2D eigenvalue weighted by Crippen LogP contribution is 2.44. The van der Waals surface area contributed by atoms with Gasteiger partial charge in [0.05, 0.1) is 21.2 Å². The molecule has 0 saturated heterocycles. The van der Waals surface area contributed by atoms with Crippen LogP contribution in [0.1, 0.15) is 6.42 Å². The standard InChI is InChI=1S/C20H17BrClN5O2/c21-12-8-24-19-16(26-18(27-19)11-3-1-2-4-13(11)22)15(12)25-14-9-5-6-10(7-9)17(14)29-20(23)28/h1-6,8-10,14,17H,7H2,(H2,23,28)(H2,24,25,26,27)/t9-,10+,14+,17-/m0/s1. The number of pyridine rings is 1. The minimum absolute atomic E-state index is 0.0912. The topological polar surface area (TPSA) is 106 Å². The van der Waals surface area contributed by atoms with Crippen molar-refractivity contribution in [2.24, 2.45) is 17.6 Å². The van der Waals surface area contributed by atoms with Crippen LogP contribution < -0.4 is 11.1 Å². The molecule has 2 heterocycles. The summed E-state index contributed by atoms with van der Waals surface area (Å²) in [5, 5.41) is 4.15. The lowest BCUT2D eigenvalue weighted by molar-refractivity contribution is 0.0854. The minimum Gasteiger partial charge on any atom is -0.444 e. The van der Waals surface area contributed by atoms with E-state index in [0.717, 1.165) is 27.7 Å². The molecule has 0 aliphatic heterocycles. The summed E-state index contributed by atoms with van der Waals surface area (Å²) in [5.41, 5.74) is 8.22. The summed E-state index contributed by atoms with van der Waals surface area (Å²) in [6, 6.07) is 7.41. The van der Waals surface area contributed by atoms with Crippen LogP contribution in [-0.4, -0.2) is 33.2 Å². The molecule has 4 N–H and O–H groups in total. The lowest BCUT2D eigenvalue weighted by Gasteiger charge is -2.29. The van der Waals surface area contributed by atoms with Crippen molar-refractivity contribution >= 4 is 50.5 Å². The Labute approximate surface area is 179 Å². The molecular formula is C20H17BrClN5O2. The first-order valence-electron chi connectivity index (χ1n) is 9.21. The number of benzene rings is 1. The van der Waals surface area contributed by atoms with Gasteiger partial charge in [-0.1, -0.05) is 35.9 Å². The Bertz CT molecular complexity index is 1150. The first-order chi connectivity index (χ1) is 14.0. The molecule has 1 aromatic carbocycles. The van der Waals surface area contributed by atoms with Gasteiger partial charge in [-0.05, 0) is 34.5 Å². The van der Waals surface area contributed by atoms with E-state index in [1.54, 1.807) is 6.20 Å². The number of nitrogens with one attached hydrogen (secondary N) is 2. The average molecular weight is 475 g/mol. The number of hydrogen-bond acceptors (Lipinski definition) is 5. The van der Waals surface area contributed by atoms with Crippen LogP contribution >= 0.6 is 27.5 Å². The first kappa shape index (κ1) is 18.4. The third-order valence-electron chi connectivity index (χ3n) is 5.55. The number of nitrogens with zero attached hydrogens (tertiary/aromatic N) is 2. The van der Waals surface area contributed by atoms with Gasteiger partial charge in [-0.2, -0.15) is 0 Å². The fraction of sp³-hybridized carbons (Fsp3) is 0.250. The Hall–Kier alpha value is -2.58. The van der Waals surface area contributed by atoms with Gasteiger partial charge in [-0.15, -0.1) is 0 Å². The highest BCUT2D eigenvalue weighted by atomic mass is 79.9. The van der Waals surface area contributed by atoms with E-state index in [0.29, 0.717) is 16.5 Å². The normalized spacial score (nSPS) is 24.9. The number of amides is 1. The molecule has 2 bridgehead atoms. The number of rotatable bonds is 4. The van der Waals surface area contributed by atoms with Crippen molar-refractivity contribution in [3.8, 4) is 11.4 Å². The van der Waals surface area contributed by atoms with Gasteiger partial charge in [0.15, 0.2) is 5.65 Å². The highest BCUT2D eigenvalue weighted by Gasteiger charge is 2.47. The highest BCUT2D eigenvalue weighted by molar-refractivity contribution is 9.10. The van der Waals surface area contributed by atoms with E-state index in [4.69, 9.17) is 22.1 Å². The van der Waals surface area contributed by atoms with Gasteiger partial charge in [0, 0.05) is 23.6 Å². The number of carbonyl (C=O) groups excluding carboxylic acids is 1. The second kappa shape index (κ2) is 7.03. The number of halogens is 2. The predicted octanol–water partition coefficient (Wildman–Crippen LogP) is 4.49. The second-order valence-corrected chi connectivity index (χ2v) is 8.53. The Morgan fingerprint density at radius 3 is 2.90 bits per heavy atom. The number of imidazole rings is 1. The Balaban J connectivity index is 1.55. The molecule has 0 spiro atoms. The van der Waals surface area contributed by atoms with Crippen LogP contribution in [-0.2, 0) is 4.74 Å². The first-order valence-corrected chi connectivity index (χ1v) is 10.4. The lowest BCUT2D eigenvalue weighted by atomic mass is 9.98. The Morgan fingerprint density at radius 1 is 1.31 bits per heavy atom. The van der Waals surface area contributed by atoms with Crippen LogP contribution in [0.25, 0.3) is 22.6 Å². The summed E-state index contributed by atoms with van der Waals surface area (Å²) < 4.78 is 6.20. The molecule has 2 aliphatic rings. The summed E-state index contributed by atoms with van der Waals surface area (Å²) in [4.78, 5) is 23.8. The number of H-pyrrole nitrogens is 1. The summed E-state index contributed by atoms with van der Waals surface area (Å²) in [5.74, 6) is 1.06. The summed E-state index contributed by atoms with van der Waals surface area (Å²) in [6.45, 7) is 0. The number of ether oxygens (including phenoxy) is 1. The number of carbonyl (C=O) groups is 1. The molecule has 5 rings (SSSR count). The van der Waals surface area contributed by atoms with Crippen molar-refractivity contribution in [1.29, 1.82) is 0 Å². The van der Waals surface area contributed by atoms with Gasteiger partial charge in [0.25, 0.3) is 0 Å². The number of hydrogen-bond donors (Lipinski definition) is 3. The molecule has 0 unspecified atom stereocenters. The van der Waals surface area contributed by atoms with E-state index in [-0.39, 0.29) is 24.0 Å². The van der Waals surface area contributed by atoms with Gasteiger partial charge in [0.2, 0.25) is 0 Å². The predicted molar refractivity (Wildman–Crippen MR) is 115 cm³/mol. The number of anilines is 1. The van der Waals surface area contributed by atoms with Gasteiger partial charge < -0.3 is 20.8 Å². The molecule has 1 saturated carbocycles. The van der Waals surface area contributed by atoms with Crippen molar-refractivity contribution in [2.75, 3.05) is 5.32 Å². The smallest absolute Gasteiger partial charge is 0.404 e. The molecular weight excluding hydrogens is 458 g/mol. The maximum absolute atomic E-state index is 11.4. The van der Waals surface area contributed by atoms with Gasteiger partial charge in [0.1, 0.15) is 17.4 Å². The van der Waals surface area contributed by atoms with Gasteiger partial charge in [-0.3, -0.25) is 0 Å². The van der Waals surface area contributed by atoms with E-state index < -0.39 is 6.09 Å². The third-order valence-corrected chi connectivity index (χ3v) is 6.48. The molecule has 1 fully saturated rings. The van der Waals surface area contributed by atoms with E-state index in [2.05, 4.69) is 48.4 Å². The van der Waals surface area contributed by atoms with Crippen molar-refractivity contribution in [1.82, 2.24) is 15.0 Å². The number of primary amides is 1. The largest absolute Gasteiger partial charge is 0.444 e. The second-order valence-electron chi connectivity index (χ2n) is 7.26. The van der Waals surface area contributed by atoms with E-state index in [9.17, 15) is 4.79 Å². The van der Waals surface area contributed by atoms with Crippen LogP contribution in [0, 0.1) is 11.8 Å². The fourth-order valence-electron chi connectivity index (χ4n) is 4.28. The molecule has 2 aromatic heterocycles. The summed E-state index contributed by atoms with van der Waals surface area (Å²) >= 11 is 9.91. The molecule has 7 nitrogen and oxygen atoms in total. The van der Waals surface area contributed by atoms with Crippen LogP contribution in [0.4, 0.5) is 10.5 Å². The number of aromatic nitrogens is 3. The fourth-order valence-corrected chi connectivity index (χ4v) is 4.92. The Morgan fingerprint density at radius 2 is 2.10 bits per heavy atom. The molecule has 2 aliphatic carbocycles. The maximum Gasteiger partial charge on any atom is 0.404 e. The van der Waals surface area contributed by atoms with E-state index >= 15 is 0 Å². The average Bonchev–Trinajstić information content (AvgIpc) is 3.39. The summed E-state index contributed by atoms with van der Waals surface area (Å²) in [6.07, 6.45) is 5.81. The molecule has 1 amide bonds. The SMILES string of the molecule is NC(=O)O[C@@H]1[C@H](Nc2c(Br)cnc3nc(-c4ccccc4Cl)[nH]c23)[C@H]2C=C[C@@H]1C2. The number of nitrogens with two attached hydrogens (primary N) is 1. The lowest BCUT2D eigenvalue weighted by Crippen LogP contribution is -2.41. The third kappa shape index (κ3) is 3.16. The molecule has 4 atom stereocenters. The number of aromatic amines is 1. The van der Waals surface area contributed by atoms with Crippen molar-refractivity contribution in [3.63, 3.8) is 0 Å². The van der Waals surface area contributed by atoms with E-state index in [1.165, 1.54) is 0 Å². The molecule has 29 heavy (non-hydrogen) atoms. The Kier molecular flexibility index (Phi) is 4.48. The van der Waals surface area contributed by atoms with Gasteiger partial charge >= 0.3 is 6.09 Å². The molecule has 0 radical (unpaired) electrons. The zero-order chi connectivity index (χ0) is 20.1. The van der Waals surface area contributed by atoms with E-state index in [1.807, 2.05) is 24.3 Å². The number of fused-ring (bicyclic) bond motifs is 3. The molecule has 9 heteroatoms. The summed E-state index contributed by atoms with van der Waals surface area (Å²) in [7, 11) is 0. The van der Waals surface area contributed by atoms with Crippen LogP contribution in [0.3, 0.4) is 0 Å². The monoisotopic (exact) mass is 473 g/mol. The minimum atomic E-state index is -0.760. The quantitative estimate of drug-likeness (QED) is 0.483. The van der Waals surface area contributed by atoms with Crippen LogP contribution in [0.15, 0.2) is 47.1 Å². The van der Waals surface area contributed by atoms with Crippen molar-refractivity contribution in [3.05, 3.63) is 52.1 Å². The maximum atomic E-state index is 11.4. The zero-order valence-electron chi connectivity index (χ0n) is 15.1. The van der Waals surface area contributed by atoms with Crippen LogP contribution in [0.2, 0.25) is 5.02 Å². The van der Waals surface area contributed by atoms with Crippen molar-refractivity contribution < 1.29 is 9.53 Å². The molecule has 3 aromatic rings. The van der Waals surface area contributed by atoms with Crippen LogP contribution in [0.5, 0.6) is 0 Å². The van der Waals surface area contributed by atoms with Gasteiger partial charge in [-0.25, -0.2) is 14.8 Å².